The van der Waals surface area contributed by atoms with Crippen LogP contribution in [0.15, 0.2) is 18.2 Å². The van der Waals surface area contributed by atoms with Gasteiger partial charge in [-0.25, -0.2) is 4.79 Å². The third kappa shape index (κ3) is 4.68. The highest BCUT2D eigenvalue weighted by molar-refractivity contribution is 5.74. The van der Waals surface area contributed by atoms with Gasteiger partial charge in [-0.1, -0.05) is 6.07 Å². The number of amides is 2. The molecule has 0 saturated carbocycles. The van der Waals surface area contributed by atoms with Gasteiger partial charge in [0.1, 0.15) is 0 Å². The molecule has 2 aliphatic heterocycles. The van der Waals surface area contributed by atoms with E-state index in [0.29, 0.717) is 31.0 Å². The summed E-state index contributed by atoms with van der Waals surface area (Å²) in [6.45, 7) is 0.151. The Hall–Kier alpha value is -2.16. The summed E-state index contributed by atoms with van der Waals surface area (Å²) in [5.41, 5.74) is 0.881. The van der Waals surface area contributed by atoms with Gasteiger partial charge < -0.3 is 19.7 Å². The number of halogens is 3. The molecule has 1 atom stereocenters. The second-order valence-corrected chi connectivity index (χ2v) is 6.33. The molecule has 0 aromatic heterocycles. The number of ether oxygens (including phenoxy) is 2. The van der Waals surface area contributed by atoms with Crippen molar-refractivity contribution in [2.45, 2.75) is 25.2 Å². The number of likely N-dealkylation sites (tertiary alicyclic amines) is 1. The van der Waals surface area contributed by atoms with E-state index < -0.39 is 12.7 Å². The van der Waals surface area contributed by atoms with Crippen molar-refractivity contribution >= 4 is 6.03 Å². The summed E-state index contributed by atoms with van der Waals surface area (Å²) in [6.07, 6.45) is -3.70. The predicted octanol–water partition coefficient (Wildman–Crippen LogP) is 2.19. The summed E-state index contributed by atoms with van der Waals surface area (Å²) in [6, 6.07) is 4.87. The third-order valence-electron chi connectivity index (χ3n) is 4.21. The van der Waals surface area contributed by atoms with Gasteiger partial charge in [0.05, 0.1) is 6.54 Å². The largest absolute Gasteiger partial charge is 0.454 e. The van der Waals surface area contributed by atoms with Crippen LogP contribution in [-0.2, 0) is 6.54 Å². The van der Waals surface area contributed by atoms with Gasteiger partial charge in [0.15, 0.2) is 11.5 Å². The summed E-state index contributed by atoms with van der Waals surface area (Å²) >= 11 is 0. The fourth-order valence-corrected chi connectivity index (χ4v) is 3.02. The first kappa shape index (κ1) is 17.7. The van der Waals surface area contributed by atoms with E-state index >= 15 is 0 Å². The topological polar surface area (TPSA) is 54.0 Å². The zero-order chi connectivity index (χ0) is 18.0. The molecular weight excluding hydrogens is 339 g/mol. The second kappa shape index (κ2) is 6.99. The Balaban J connectivity index is 1.48. The predicted molar refractivity (Wildman–Crippen MR) is 83.5 cm³/mol. The molecule has 2 aliphatic rings. The molecule has 1 aromatic rings. The number of urea groups is 1. The molecule has 25 heavy (non-hydrogen) atoms. The molecule has 1 aromatic carbocycles. The van der Waals surface area contributed by atoms with E-state index in [1.54, 1.807) is 13.1 Å². The summed E-state index contributed by atoms with van der Waals surface area (Å²) < 4.78 is 47.8. The fraction of sp³-hybridized carbons (Fsp3) is 0.562. The lowest BCUT2D eigenvalue weighted by molar-refractivity contribution is -0.143. The Labute approximate surface area is 143 Å². The van der Waals surface area contributed by atoms with Gasteiger partial charge in [-0.05, 0) is 24.1 Å². The van der Waals surface area contributed by atoms with Crippen LogP contribution in [0.5, 0.6) is 11.5 Å². The molecule has 9 heteroatoms. The van der Waals surface area contributed by atoms with Gasteiger partial charge >= 0.3 is 12.2 Å². The van der Waals surface area contributed by atoms with Crippen LogP contribution in [-0.4, -0.2) is 61.5 Å². The molecular formula is C16H20F3N3O3. The van der Waals surface area contributed by atoms with Gasteiger partial charge in [0.2, 0.25) is 6.79 Å². The Kier molecular flexibility index (Phi) is 4.94. The minimum Gasteiger partial charge on any atom is -0.454 e. The van der Waals surface area contributed by atoms with Crippen molar-refractivity contribution in [3.05, 3.63) is 23.8 Å². The van der Waals surface area contributed by atoms with Crippen LogP contribution < -0.4 is 14.8 Å². The first-order chi connectivity index (χ1) is 11.8. The molecule has 6 nitrogen and oxygen atoms in total. The van der Waals surface area contributed by atoms with Gasteiger partial charge in [0, 0.05) is 32.7 Å². The van der Waals surface area contributed by atoms with Crippen molar-refractivity contribution < 1.29 is 27.4 Å². The molecule has 0 radical (unpaired) electrons. The van der Waals surface area contributed by atoms with Crippen LogP contribution in [0.25, 0.3) is 0 Å². The van der Waals surface area contributed by atoms with Crippen molar-refractivity contribution in [1.29, 1.82) is 0 Å². The number of nitrogens with one attached hydrogen (secondary N) is 1. The lowest BCUT2D eigenvalue weighted by Crippen LogP contribution is -2.44. The molecule has 1 fully saturated rings. The maximum Gasteiger partial charge on any atom is 0.401 e. The lowest BCUT2D eigenvalue weighted by atomic mass is 10.2. The quantitative estimate of drug-likeness (QED) is 0.896. The van der Waals surface area contributed by atoms with E-state index in [4.69, 9.17) is 9.47 Å². The molecule has 138 valence electrons. The van der Waals surface area contributed by atoms with Crippen LogP contribution in [0, 0.1) is 0 Å². The average molecular weight is 359 g/mol. The number of alkyl halides is 3. The number of rotatable bonds is 4. The van der Waals surface area contributed by atoms with Crippen LogP contribution in [0.1, 0.15) is 12.0 Å². The molecule has 0 bridgehead atoms. The van der Waals surface area contributed by atoms with Crippen LogP contribution in [0.4, 0.5) is 18.0 Å². The summed E-state index contributed by atoms with van der Waals surface area (Å²) in [4.78, 5) is 15.0. The Morgan fingerprint density at radius 1 is 1.36 bits per heavy atom. The minimum atomic E-state index is -4.21. The lowest BCUT2D eigenvalue weighted by Gasteiger charge is -2.22. The van der Waals surface area contributed by atoms with Crippen LogP contribution >= 0.6 is 0 Å². The first-order valence-electron chi connectivity index (χ1n) is 7.99. The Morgan fingerprint density at radius 3 is 2.88 bits per heavy atom. The zero-order valence-electron chi connectivity index (χ0n) is 13.8. The normalized spacial score (nSPS) is 19.9. The number of benzene rings is 1. The van der Waals surface area contributed by atoms with Gasteiger partial charge in [-0.15, -0.1) is 0 Å². The Morgan fingerprint density at radius 2 is 2.12 bits per heavy atom. The molecule has 3 rings (SSSR count). The maximum absolute atomic E-state index is 12.4. The maximum atomic E-state index is 12.4. The van der Waals surface area contributed by atoms with E-state index in [9.17, 15) is 18.0 Å². The minimum absolute atomic E-state index is 0.186. The molecule has 1 unspecified atom stereocenters. The van der Waals surface area contributed by atoms with Crippen molar-refractivity contribution in [2.75, 3.05) is 33.5 Å². The molecule has 0 aliphatic carbocycles. The van der Waals surface area contributed by atoms with Crippen molar-refractivity contribution in [1.82, 2.24) is 15.1 Å². The standard InChI is InChI=1S/C16H20F3N3O3/c1-21(7-11-2-3-13-14(6-11)25-10-24-13)15(23)20-12-4-5-22(8-12)9-16(17,18)19/h2-3,6,12H,4-5,7-10H2,1H3,(H,20,23). The van der Waals surface area contributed by atoms with Crippen molar-refractivity contribution in [3.8, 4) is 11.5 Å². The Bertz CT molecular complexity index is 639. The number of carbonyl (C=O) groups excluding carboxylic acids is 1. The highest BCUT2D eigenvalue weighted by Gasteiger charge is 2.34. The summed E-state index contributed by atoms with van der Waals surface area (Å²) in [7, 11) is 1.64. The van der Waals surface area contributed by atoms with Gasteiger partial charge in [-0.2, -0.15) is 13.2 Å². The zero-order valence-corrected chi connectivity index (χ0v) is 13.8. The number of hydrogen-bond acceptors (Lipinski definition) is 4. The van der Waals surface area contributed by atoms with Gasteiger partial charge in [0.25, 0.3) is 0 Å². The number of hydrogen-bond donors (Lipinski definition) is 1. The molecule has 2 heterocycles. The monoisotopic (exact) mass is 359 g/mol. The van der Waals surface area contributed by atoms with E-state index in [0.717, 1.165) is 5.56 Å². The number of carbonyl (C=O) groups is 1. The second-order valence-electron chi connectivity index (χ2n) is 6.33. The van der Waals surface area contributed by atoms with Gasteiger partial charge in [-0.3, -0.25) is 4.90 Å². The molecule has 2 amide bonds. The third-order valence-corrected chi connectivity index (χ3v) is 4.21. The highest BCUT2D eigenvalue weighted by atomic mass is 19.4. The summed E-state index contributed by atoms with van der Waals surface area (Å²) in [5, 5.41) is 2.79. The number of fused-ring (bicyclic) bond motifs is 1. The van der Waals surface area contributed by atoms with E-state index in [1.165, 1.54) is 9.80 Å². The number of nitrogens with zero attached hydrogens (tertiary/aromatic N) is 2. The highest BCUT2D eigenvalue weighted by Crippen LogP contribution is 2.32. The summed E-state index contributed by atoms with van der Waals surface area (Å²) in [5.74, 6) is 1.32. The van der Waals surface area contributed by atoms with E-state index in [1.807, 2.05) is 12.1 Å². The molecule has 1 saturated heterocycles. The molecule has 0 spiro atoms. The SMILES string of the molecule is CN(Cc1ccc2c(c1)OCO2)C(=O)NC1CCN(CC(F)(F)F)C1. The average Bonchev–Trinajstić information content (AvgIpc) is 3.14. The van der Waals surface area contributed by atoms with E-state index in [-0.39, 0.29) is 25.4 Å². The van der Waals surface area contributed by atoms with Crippen molar-refractivity contribution in [3.63, 3.8) is 0 Å². The van der Waals surface area contributed by atoms with Crippen molar-refractivity contribution in [2.24, 2.45) is 0 Å². The first-order valence-corrected chi connectivity index (χ1v) is 7.99. The fourth-order valence-electron chi connectivity index (χ4n) is 3.02. The van der Waals surface area contributed by atoms with Crippen LogP contribution in [0.3, 0.4) is 0 Å². The smallest absolute Gasteiger partial charge is 0.401 e. The van der Waals surface area contributed by atoms with E-state index in [2.05, 4.69) is 5.32 Å². The molecule has 1 N–H and O–H groups in total. The van der Waals surface area contributed by atoms with Crippen LogP contribution in [0.2, 0.25) is 0 Å².